The molecule has 1 aromatic rings. The van der Waals surface area contributed by atoms with Crippen molar-refractivity contribution in [1.29, 1.82) is 0 Å². The lowest BCUT2D eigenvalue weighted by Crippen LogP contribution is -2.30. The average Bonchev–Trinajstić information content (AvgIpc) is 2.47. The molecular weight excluding hydrogens is 231 g/mol. The summed E-state index contributed by atoms with van der Waals surface area (Å²) in [5.74, 6) is -0.469. The lowest BCUT2D eigenvalue weighted by atomic mass is 10.0. The van der Waals surface area contributed by atoms with Gasteiger partial charge in [-0.15, -0.1) is 0 Å². The molecular formula is C11H12ClFN2O. The summed E-state index contributed by atoms with van der Waals surface area (Å²) >= 11 is 5.70. The summed E-state index contributed by atoms with van der Waals surface area (Å²) in [6.45, 7) is 0. The van der Waals surface area contributed by atoms with Crippen LogP contribution in [0, 0.1) is 5.82 Å². The molecule has 3 nitrogen and oxygen atoms in total. The lowest BCUT2D eigenvalue weighted by Gasteiger charge is -2.23. The number of halogens is 2. The van der Waals surface area contributed by atoms with E-state index in [0.29, 0.717) is 6.42 Å². The maximum Gasteiger partial charge on any atom is 0.224 e. The van der Waals surface area contributed by atoms with Crippen molar-refractivity contribution in [3.8, 4) is 0 Å². The minimum absolute atomic E-state index is 0.00190. The van der Waals surface area contributed by atoms with Crippen molar-refractivity contribution in [2.75, 3.05) is 7.05 Å². The molecule has 16 heavy (non-hydrogen) atoms. The highest BCUT2D eigenvalue weighted by molar-refractivity contribution is 6.30. The Morgan fingerprint density at radius 3 is 2.75 bits per heavy atom. The third-order valence-electron chi connectivity index (χ3n) is 2.91. The Bertz CT molecular complexity index is 438. The fourth-order valence-corrected chi connectivity index (χ4v) is 2.26. The van der Waals surface area contributed by atoms with Crippen LogP contribution in [-0.4, -0.2) is 23.9 Å². The van der Waals surface area contributed by atoms with Crippen LogP contribution < -0.4 is 5.73 Å². The molecule has 1 fully saturated rings. The van der Waals surface area contributed by atoms with Gasteiger partial charge in [0.2, 0.25) is 5.91 Å². The van der Waals surface area contributed by atoms with Gasteiger partial charge in [-0.2, -0.15) is 0 Å². The molecule has 1 saturated heterocycles. The van der Waals surface area contributed by atoms with E-state index < -0.39 is 5.82 Å². The van der Waals surface area contributed by atoms with Crippen molar-refractivity contribution in [2.24, 2.45) is 5.73 Å². The summed E-state index contributed by atoms with van der Waals surface area (Å²) < 4.78 is 13.0. The largest absolute Gasteiger partial charge is 0.337 e. The molecule has 86 valence electrons. The highest BCUT2D eigenvalue weighted by atomic mass is 35.5. The van der Waals surface area contributed by atoms with Crippen LogP contribution in [0.2, 0.25) is 5.02 Å². The first-order valence-electron chi connectivity index (χ1n) is 4.97. The van der Waals surface area contributed by atoms with Gasteiger partial charge in [-0.3, -0.25) is 4.79 Å². The van der Waals surface area contributed by atoms with E-state index in [1.807, 2.05) is 0 Å². The molecule has 0 aliphatic carbocycles. The number of carbonyl (C=O) groups is 1. The highest BCUT2D eigenvalue weighted by Gasteiger charge is 2.36. The molecule has 0 radical (unpaired) electrons. The maximum absolute atomic E-state index is 13.0. The SMILES string of the molecule is CN1C(=O)CC(N)C1c1ccc(F)c(Cl)c1. The monoisotopic (exact) mass is 242 g/mol. The fourth-order valence-electron chi connectivity index (χ4n) is 2.07. The molecule has 2 atom stereocenters. The van der Waals surface area contributed by atoms with Crippen LogP contribution in [0.3, 0.4) is 0 Å². The number of carbonyl (C=O) groups excluding carboxylic acids is 1. The first-order valence-corrected chi connectivity index (χ1v) is 5.34. The van der Waals surface area contributed by atoms with Gasteiger partial charge in [0.25, 0.3) is 0 Å². The summed E-state index contributed by atoms with van der Waals surface area (Å²) in [5, 5.41) is 0.0532. The molecule has 2 N–H and O–H groups in total. The van der Waals surface area contributed by atoms with Gasteiger partial charge in [-0.05, 0) is 17.7 Å². The summed E-state index contributed by atoms with van der Waals surface area (Å²) in [6.07, 6.45) is 0.316. The second kappa shape index (κ2) is 4.03. The van der Waals surface area contributed by atoms with Gasteiger partial charge in [-0.1, -0.05) is 17.7 Å². The van der Waals surface area contributed by atoms with Gasteiger partial charge in [-0.25, -0.2) is 4.39 Å². The zero-order chi connectivity index (χ0) is 11.9. The third-order valence-corrected chi connectivity index (χ3v) is 3.20. The smallest absolute Gasteiger partial charge is 0.224 e. The standard InChI is InChI=1S/C11H12ClFN2O/c1-15-10(16)5-9(14)11(15)6-2-3-8(13)7(12)4-6/h2-4,9,11H,5,14H2,1H3. The first kappa shape index (κ1) is 11.4. The summed E-state index contributed by atoms with van der Waals surface area (Å²) in [4.78, 5) is 13.0. The number of hydrogen-bond donors (Lipinski definition) is 1. The van der Waals surface area contributed by atoms with Gasteiger partial charge in [0.05, 0.1) is 11.1 Å². The minimum Gasteiger partial charge on any atom is -0.337 e. The molecule has 5 heteroatoms. The molecule has 0 aromatic heterocycles. The number of benzene rings is 1. The number of hydrogen-bond acceptors (Lipinski definition) is 2. The van der Waals surface area contributed by atoms with E-state index in [9.17, 15) is 9.18 Å². The predicted molar refractivity (Wildman–Crippen MR) is 59.5 cm³/mol. The van der Waals surface area contributed by atoms with Crippen molar-refractivity contribution >= 4 is 17.5 Å². The van der Waals surface area contributed by atoms with E-state index in [0.717, 1.165) is 5.56 Å². The number of rotatable bonds is 1. The molecule has 1 amide bonds. The Labute approximate surface area is 98.0 Å². The average molecular weight is 243 g/mol. The van der Waals surface area contributed by atoms with Crippen LogP contribution in [0.5, 0.6) is 0 Å². The Kier molecular flexibility index (Phi) is 2.86. The molecule has 1 heterocycles. The maximum atomic E-state index is 13.0. The van der Waals surface area contributed by atoms with Crippen molar-refractivity contribution in [1.82, 2.24) is 4.90 Å². The highest BCUT2D eigenvalue weighted by Crippen LogP contribution is 2.32. The first-order chi connectivity index (χ1) is 7.50. The number of amides is 1. The topological polar surface area (TPSA) is 46.3 Å². The Morgan fingerprint density at radius 2 is 2.25 bits per heavy atom. The van der Waals surface area contributed by atoms with Gasteiger partial charge >= 0.3 is 0 Å². The summed E-state index contributed by atoms with van der Waals surface area (Å²) in [7, 11) is 1.69. The Hall–Kier alpha value is -1.13. The van der Waals surface area contributed by atoms with E-state index in [1.165, 1.54) is 12.1 Å². The van der Waals surface area contributed by atoms with Crippen molar-refractivity contribution in [3.05, 3.63) is 34.6 Å². The lowest BCUT2D eigenvalue weighted by molar-refractivity contribution is -0.127. The zero-order valence-corrected chi connectivity index (χ0v) is 9.54. The van der Waals surface area contributed by atoms with E-state index >= 15 is 0 Å². The normalized spacial score (nSPS) is 25.2. The molecule has 0 spiro atoms. The number of nitrogens with zero attached hydrogens (tertiary/aromatic N) is 1. The summed E-state index contributed by atoms with van der Waals surface area (Å²) in [6, 6.07) is 3.95. The van der Waals surface area contributed by atoms with Gasteiger partial charge in [0.1, 0.15) is 5.82 Å². The second-order valence-corrected chi connectivity index (χ2v) is 4.40. The number of likely N-dealkylation sites (tertiary alicyclic amines) is 1. The molecule has 2 unspecified atom stereocenters. The van der Waals surface area contributed by atoms with Gasteiger partial charge < -0.3 is 10.6 Å². The number of likely N-dealkylation sites (N-methyl/N-ethyl adjacent to an activating group) is 1. The molecule has 1 aromatic carbocycles. The van der Waals surface area contributed by atoms with Crippen LogP contribution >= 0.6 is 11.6 Å². The van der Waals surface area contributed by atoms with Crippen LogP contribution in [0.1, 0.15) is 18.0 Å². The van der Waals surface area contributed by atoms with E-state index in [4.69, 9.17) is 17.3 Å². The summed E-state index contributed by atoms with van der Waals surface area (Å²) in [5.41, 5.74) is 6.65. The third kappa shape index (κ3) is 1.79. The van der Waals surface area contributed by atoms with Gasteiger partial charge in [0.15, 0.2) is 0 Å². The Morgan fingerprint density at radius 1 is 1.56 bits per heavy atom. The number of nitrogens with two attached hydrogens (primary N) is 1. The van der Waals surface area contributed by atoms with E-state index in [2.05, 4.69) is 0 Å². The minimum atomic E-state index is -0.467. The Balaban J connectivity index is 2.37. The van der Waals surface area contributed by atoms with E-state index in [1.54, 1.807) is 18.0 Å². The predicted octanol–water partition coefficient (Wildman–Crippen LogP) is 1.71. The van der Waals surface area contributed by atoms with Crippen molar-refractivity contribution in [3.63, 3.8) is 0 Å². The molecule has 0 bridgehead atoms. The molecule has 2 rings (SSSR count). The van der Waals surface area contributed by atoms with Crippen LogP contribution in [0.15, 0.2) is 18.2 Å². The second-order valence-electron chi connectivity index (χ2n) is 3.99. The van der Waals surface area contributed by atoms with E-state index in [-0.39, 0.29) is 23.0 Å². The van der Waals surface area contributed by atoms with Crippen LogP contribution in [0.4, 0.5) is 4.39 Å². The quantitative estimate of drug-likeness (QED) is 0.815. The molecule has 0 saturated carbocycles. The van der Waals surface area contributed by atoms with Crippen molar-refractivity contribution in [2.45, 2.75) is 18.5 Å². The molecule has 1 aliphatic rings. The van der Waals surface area contributed by atoms with Crippen LogP contribution in [0.25, 0.3) is 0 Å². The van der Waals surface area contributed by atoms with Crippen molar-refractivity contribution < 1.29 is 9.18 Å². The fraction of sp³-hybridized carbons (Fsp3) is 0.364. The van der Waals surface area contributed by atoms with Gasteiger partial charge in [0, 0.05) is 19.5 Å². The van der Waals surface area contributed by atoms with Crippen LogP contribution in [-0.2, 0) is 4.79 Å². The zero-order valence-electron chi connectivity index (χ0n) is 8.78. The molecule has 1 aliphatic heterocycles.